The molecule has 2 aliphatic rings. The fraction of sp³-hybridized carbons (Fsp3) is 0.357. The minimum absolute atomic E-state index is 0.00477. The highest BCUT2D eigenvalue weighted by Crippen LogP contribution is 2.30. The number of hydrogen-bond donors (Lipinski definition) is 2. The van der Waals surface area contributed by atoms with Crippen molar-refractivity contribution in [2.45, 2.75) is 32.0 Å². The molecule has 1 aromatic carbocycles. The molecule has 2 heterocycles. The molecule has 2 aliphatic heterocycles. The molecular formula is C14H14FN3O3. The number of nitrogens with two attached hydrogens (primary N) is 1. The molecule has 1 fully saturated rings. The molecule has 110 valence electrons. The van der Waals surface area contributed by atoms with Crippen molar-refractivity contribution in [1.82, 2.24) is 10.2 Å². The summed E-state index contributed by atoms with van der Waals surface area (Å²) in [7, 11) is 0. The highest BCUT2D eigenvalue weighted by atomic mass is 19.1. The Morgan fingerprint density at radius 2 is 2.10 bits per heavy atom. The van der Waals surface area contributed by atoms with Crippen molar-refractivity contribution in [1.29, 1.82) is 0 Å². The van der Waals surface area contributed by atoms with Crippen molar-refractivity contribution in [3.63, 3.8) is 0 Å². The van der Waals surface area contributed by atoms with Crippen LogP contribution in [-0.2, 0) is 22.7 Å². The van der Waals surface area contributed by atoms with E-state index in [0.717, 1.165) is 0 Å². The molecule has 1 unspecified atom stereocenters. The first-order valence-corrected chi connectivity index (χ1v) is 6.68. The van der Waals surface area contributed by atoms with E-state index in [1.165, 1.54) is 4.90 Å². The Morgan fingerprint density at radius 1 is 1.33 bits per heavy atom. The normalized spacial score (nSPS) is 21.5. The van der Waals surface area contributed by atoms with Crippen molar-refractivity contribution in [2.24, 2.45) is 5.73 Å². The molecule has 21 heavy (non-hydrogen) atoms. The van der Waals surface area contributed by atoms with Gasteiger partial charge in [0.1, 0.15) is 11.9 Å². The summed E-state index contributed by atoms with van der Waals surface area (Å²) in [6.07, 6.45) is 0.433. The van der Waals surface area contributed by atoms with E-state index >= 15 is 0 Å². The van der Waals surface area contributed by atoms with Crippen LogP contribution in [-0.4, -0.2) is 28.7 Å². The Morgan fingerprint density at radius 3 is 2.76 bits per heavy atom. The number of halogens is 1. The first-order chi connectivity index (χ1) is 10.0. The van der Waals surface area contributed by atoms with E-state index in [9.17, 15) is 18.8 Å². The lowest BCUT2D eigenvalue weighted by molar-refractivity contribution is -0.136. The molecule has 0 saturated carbocycles. The average molecular weight is 291 g/mol. The Labute approximate surface area is 120 Å². The number of carbonyl (C=O) groups is 3. The number of fused-ring (bicyclic) bond motifs is 1. The van der Waals surface area contributed by atoms with Gasteiger partial charge in [-0.05, 0) is 12.0 Å². The Kier molecular flexibility index (Phi) is 3.21. The van der Waals surface area contributed by atoms with Crippen molar-refractivity contribution < 1.29 is 18.8 Å². The van der Waals surface area contributed by atoms with Gasteiger partial charge in [-0.25, -0.2) is 4.39 Å². The van der Waals surface area contributed by atoms with Gasteiger partial charge in [-0.3, -0.25) is 19.7 Å². The second-order valence-electron chi connectivity index (χ2n) is 5.18. The summed E-state index contributed by atoms with van der Waals surface area (Å²) in [6, 6.07) is 2.48. The molecule has 6 nitrogen and oxygen atoms in total. The number of nitrogens with one attached hydrogen (secondary N) is 1. The van der Waals surface area contributed by atoms with E-state index in [-0.39, 0.29) is 43.0 Å². The summed E-state index contributed by atoms with van der Waals surface area (Å²) in [5, 5.41) is 2.21. The van der Waals surface area contributed by atoms with Gasteiger partial charge < -0.3 is 10.6 Å². The van der Waals surface area contributed by atoms with Crippen LogP contribution >= 0.6 is 0 Å². The number of nitrogens with zero attached hydrogens (tertiary/aromatic N) is 1. The zero-order chi connectivity index (χ0) is 15.1. The number of carbonyl (C=O) groups excluding carboxylic acids is 3. The van der Waals surface area contributed by atoms with Gasteiger partial charge in [0, 0.05) is 25.1 Å². The van der Waals surface area contributed by atoms with Gasteiger partial charge in [-0.1, -0.05) is 12.1 Å². The van der Waals surface area contributed by atoms with Gasteiger partial charge in [0.25, 0.3) is 5.91 Å². The van der Waals surface area contributed by atoms with Crippen LogP contribution in [0.2, 0.25) is 0 Å². The van der Waals surface area contributed by atoms with E-state index in [2.05, 4.69) is 5.32 Å². The van der Waals surface area contributed by atoms with E-state index in [4.69, 9.17) is 5.73 Å². The molecule has 0 spiro atoms. The number of rotatable bonds is 2. The average Bonchev–Trinajstić information content (AvgIpc) is 2.77. The van der Waals surface area contributed by atoms with Crippen LogP contribution in [0, 0.1) is 5.82 Å². The molecule has 3 N–H and O–H groups in total. The SMILES string of the molecule is NCc1ccc2c(c1F)C(=O)N(C1CCC(=O)NC1=O)C2. The number of piperidine rings is 1. The number of amides is 3. The Balaban J connectivity index is 1.92. The zero-order valence-electron chi connectivity index (χ0n) is 11.2. The molecule has 0 radical (unpaired) electrons. The number of imide groups is 1. The summed E-state index contributed by atoms with van der Waals surface area (Å²) in [5.74, 6) is -1.99. The van der Waals surface area contributed by atoms with Crippen LogP contribution in [0.15, 0.2) is 12.1 Å². The standard InChI is InChI=1S/C14H14FN3O3/c15-12-7(5-16)1-2-8-6-18(14(21)11(8)12)9-3-4-10(19)17-13(9)20/h1-2,9H,3-6,16H2,(H,17,19,20). The number of hydrogen-bond acceptors (Lipinski definition) is 4. The maximum atomic E-state index is 14.2. The first kappa shape index (κ1) is 13.7. The van der Waals surface area contributed by atoms with Crippen LogP contribution in [0.25, 0.3) is 0 Å². The van der Waals surface area contributed by atoms with Crippen molar-refractivity contribution in [3.05, 3.63) is 34.6 Å². The van der Waals surface area contributed by atoms with Crippen molar-refractivity contribution in [3.8, 4) is 0 Å². The van der Waals surface area contributed by atoms with Crippen LogP contribution in [0.4, 0.5) is 4.39 Å². The van der Waals surface area contributed by atoms with Gasteiger partial charge in [0.15, 0.2) is 0 Å². The highest BCUT2D eigenvalue weighted by Gasteiger charge is 2.40. The second kappa shape index (κ2) is 4.92. The summed E-state index contributed by atoms with van der Waals surface area (Å²) >= 11 is 0. The van der Waals surface area contributed by atoms with Crippen LogP contribution in [0.3, 0.4) is 0 Å². The fourth-order valence-electron chi connectivity index (χ4n) is 2.81. The van der Waals surface area contributed by atoms with E-state index in [1.54, 1.807) is 12.1 Å². The third-order valence-corrected chi connectivity index (χ3v) is 3.93. The van der Waals surface area contributed by atoms with Crippen LogP contribution in [0.5, 0.6) is 0 Å². The van der Waals surface area contributed by atoms with E-state index < -0.39 is 23.7 Å². The van der Waals surface area contributed by atoms with Gasteiger partial charge >= 0.3 is 0 Å². The molecule has 1 aromatic rings. The summed E-state index contributed by atoms with van der Waals surface area (Å²) in [5.41, 5.74) is 6.24. The molecule has 3 rings (SSSR count). The third kappa shape index (κ3) is 2.09. The predicted octanol–water partition coefficient (Wildman–Crippen LogP) is 0.0454. The first-order valence-electron chi connectivity index (χ1n) is 6.68. The predicted molar refractivity (Wildman–Crippen MR) is 70.3 cm³/mol. The van der Waals surface area contributed by atoms with E-state index in [0.29, 0.717) is 5.56 Å². The molecule has 3 amide bonds. The van der Waals surface area contributed by atoms with Gasteiger partial charge in [0.05, 0.1) is 5.56 Å². The van der Waals surface area contributed by atoms with Crippen LogP contribution in [0.1, 0.15) is 34.3 Å². The largest absolute Gasteiger partial charge is 0.326 e. The lowest BCUT2D eigenvalue weighted by atomic mass is 10.0. The van der Waals surface area contributed by atoms with Gasteiger partial charge in [-0.2, -0.15) is 0 Å². The minimum atomic E-state index is -0.733. The minimum Gasteiger partial charge on any atom is -0.326 e. The zero-order valence-corrected chi connectivity index (χ0v) is 11.2. The van der Waals surface area contributed by atoms with Crippen LogP contribution < -0.4 is 11.1 Å². The Bertz CT molecular complexity index is 659. The third-order valence-electron chi connectivity index (χ3n) is 3.93. The second-order valence-corrected chi connectivity index (χ2v) is 5.18. The van der Waals surface area contributed by atoms with Crippen molar-refractivity contribution >= 4 is 17.7 Å². The molecule has 7 heteroatoms. The lowest BCUT2D eigenvalue weighted by Gasteiger charge is -2.29. The highest BCUT2D eigenvalue weighted by molar-refractivity contribution is 6.05. The molecule has 1 atom stereocenters. The smallest absolute Gasteiger partial charge is 0.258 e. The van der Waals surface area contributed by atoms with Gasteiger partial charge in [-0.15, -0.1) is 0 Å². The molecule has 0 aliphatic carbocycles. The lowest BCUT2D eigenvalue weighted by Crippen LogP contribution is -2.52. The van der Waals surface area contributed by atoms with E-state index in [1.807, 2.05) is 0 Å². The summed E-state index contributed by atoms with van der Waals surface area (Å²) in [4.78, 5) is 36.7. The summed E-state index contributed by atoms with van der Waals surface area (Å²) in [6.45, 7) is 0.174. The molecule has 0 aromatic heterocycles. The Hall–Kier alpha value is -2.28. The monoisotopic (exact) mass is 291 g/mol. The fourth-order valence-corrected chi connectivity index (χ4v) is 2.81. The topological polar surface area (TPSA) is 92.5 Å². The molecule has 0 bridgehead atoms. The molecular weight excluding hydrogens is 277 g/mol. The van der Waals surface area contributed by atoms with Crippen molar-refractivity contribution in [2.75, 3.05) is 0 Å². The molecule has 1 saturated heterocycles. The number of benzene rings is 1. The maximum Gasteiger partial charge on any atom is 0.258 e. The van der Waals surface area contributed by atoms with Gasteiger partial charge in [0.2, 0.25) is 11.8 Å². The maximum absolute atomic E-state index is 14.2. The summed E-state index contributed by atoms with van der Waals surface area (Å²) < 4.78 is 14.2. The quantitative estimate of drug-likeness (QED) is 0.753.